The van der Waals surface area contributed by atoms with Gasteiger partial charge in [0, 0.05) is 37.1 Å². The summed E-state index contributed by atoms with van der Waals surface area (Å²) in [7, 11) is 0. The van der Waals surface area contributed by atoms with Crippen LogP contribution in [0.15, 0.2) is 24.4 Å². The number of hydrogen-bond donors (Lipinski definition) is 0. The molecule has 0 fully saturated rings. The zero-order valence-electron chi connectivity index (χ0n) is 14.5. The van der Waals surface area contributed by atoms with Crippen LogP contribution in [0.4, 0.5) is 5.82 Å². The van der Waals surface area contributed by atoms with Gasteiger partial charge in [-0.1, -0.05) is 13.3 Å². The Kier molecular flexibility index (Phi) is 6.32. The molecule has 2 rings (SSSR count). The third kappa shape index (κ3) is 4.41. The molecule has 0 saturated carbocycles. The van der Waals surface area contributed by atoms with Crippen LogP contribution in [0.3, 0.4) is 0 Å². The second kappa shape index (κ2) is 8.46. The number of aromatic nitrogens is 3. The summed E-state index contributed by atoms with van der Waals surface area (Å²) in [5.74, 6) is 2.43. The maximum Gasteiger partial charge on any atom is 0.180 e. The molecule has 0 saturated heterocycles. The van der Waals surface area contributed by atoms with Crippen molar-refractivity contribution in [3.8, 4) is 17.3 Å². The van der Waals surface area contributed by atoms with E-state index >= 15 is 0 Å². The lowest BCUT2D eigenvalue weighted by atomic mass is 10.2. The maximum absolute atomic E-state index is 5.56. The van der Waals surface area contributed by atoms with Gasteiger partial charge < -0.3 is 9.64 Å². The first-order valence-electron chi connectivity index (χ1n) is 8.43. The van der Waals surface area contributed by atoms with Crippen molar-refractivity contribution in [1.82, 2.24) is 15.0 Å². The molecule has 0 atom stereocenters. The third-order valence-electron chi connectivity index (χ3n) is 3.63. The van der Waals surface area contributed by atoms with E-state index in [1.165, 1.54) is 0 Å². The average molecular weight is 314 g/mol. The second-order valence-electron chi connectivity index (χ2n) is 5.27. The van der Waals surface area contributed by atoms with Crippen molar-refractivity contribution in [2.24, 2.45) is 0 Å². The maximum atomic E-state index is 5.56. The highest BCUT2D eigenvalue weighted by atomic mass is 16.5. The van der Waals surface area contributed by atoms with E-state index in [9.17, 15) is 0 Å². The SMILES string of the molecule is CCCc1cc(N(CC)CC)nc(-c2cc(OCC)ccn2)n1. The first-order valence-corrected chi connectivity index (χ1v) is 8.43. The largest absolute Gasteiger partial charge is 0.494 e. The van der Waals surface area contributed by atoms with E-state index in [1.54, 1.807) is 6.20 Å². The van der Waals surface area contributed by atoms with Crippen LogP contribution in [0, 0.1) is 0 Å². The second-order valence-corrected chi connectivity index (χ2v) is 5.27. The fourth-order valence-corrected chi connectivity index (χ4v) is 2.48. The van der Waals surface area contributed by atoms with Crippen LogP contribution in [0.2, 0.25) is 0 Å². The molecular weight excluding hydrogens is 288 g/mol. The molecule has 124 valence electrons. The van der Waals surface area contributed by atoms with Crippen LogP contribution < -0.4 is 9.64 Å². The Balaban J connectivity index is 2.45. The topological polar surface area (TPSA) is 51.1 Å². The fraction of sp³-hybridized carbons (Fsp3) is 0.500. The predicted octanol–water partition coefficient (Wildman–Crippen LogP) is 3.74. The number of ether oxygens (including phenoxy) is 1. The van der Waals surface area contributed by atoms with Gasteiger partial charge >= 0.3 is 0 Å². The van der Waals surface area contributed by atoms with Gasteiger partial charge in [0.05, 0.1) is 6.61 Å². The molecule has 0 radical (unpaired) electrons. The monoisotopic (exact) mass is 314 g/mol. The molecule has 0 aromatic carbocycles. The summed E-state index contributed by atoms with van der Waals surface area (Å²) in [6, 6.07) is 5.85. The van der Waals surface area contributed by atoms with Crippen molar-refractivity contribution in [2.45, 2.75) is 40.5 Å². The standard InChI is InChI=1S/C18H26N4O/c1-5-9-14-12-17(22(6-2)7-3)21-18(20-14)16-13-15(23-8-4)10-11-19-16/h10-13H,5-9H2,1-4H3. The van der Waals surface area contributed by atoms with E-state index in [1.807, 2.05) is 19.1 Å². The summed E-state index contributed by atoms with van der Waals surface area (Å²) in [5, 5.41) is 0. The summed E-state index contributed by atoms with van der Waals surface area (Å²) in [5.41, 5.74) is 1.81. The Bertz CT molecular complexity index is 626. The van der Waals surface area contributed by atoms with Gasteiger partial charge in [0.25, 0.3) is 0 Å². The molecule has 2 aromatic heterocycles. The minimum absolute atomic E-state index is 0.630. The van der Waals surface area contributed by atoms with Gasteiger partial charge in [0.2, 0.25) is 0 Å². The van der Waals surface area contributed by atoms with Gasteiger partial charge in [-0.2, -0.15) is 0 Å². The molecule has 5 nitrogen and oxygen atoms in total. The fourth-order valence-electron chi connectivity index (χ4n) is 2.48. The Morgan fingerprint density at radius 3 is 2.48 bits per heavy atom. The minimum atomic E-state index is 0.630. The molecule has 0 aliphatic carbocycles. The highest BCUT2D eigenvalue weighted by molar-refractivity contribution is 5.55. The smallest absolute Gasteiger partial charge is 0.180 e. The molecule has 0 unspecified atom stereocenters. The molecule has 0 bridgehead atoms. The molecule has 0 aliphatic rings. The molecule has 23 heavy (non-hydrogen) atoms. The van der Waals surface area contributed by atoms with Gasteiger partial charge in [0.1, 0.15) is 17.3 Å². The van der Waals surface area contributed by atoms with E-state index in [4.69, 9.17) is 9.72 Å². The molecule has 0 amide bonds. The normalized spacial score (nSPS) is 10.6. The highest BCUT2D eigenvalue weighted by Crippen LogP contribution is 2.22. The van der Waals surface area contributed by atoms with E-state index in [0.717, 1.165) is 48.9 Å². The lowest BCUT2D eigenvalue weighted by Gasteiger charge is -2.21. The number of anilines is 1. The van der Waals surface area contributed by atoms with Crippen molar-refractivity contribution in [2.75, 3.05) is 24.6 Å². The first-order chi connectivity index (χ1) is 11.2. The van der Waals surface area contributed by atoms with Gasteiger partial charge in [-0.05, 0) is 33.3 Å². The molecule has 2 aromatic rings. The lowest BCUT2D eigenvalue weighted by molar-refractivity contribution is 0.340. The van der Waals surface area contributed by atoms with Gasteiger partial charge in [-0.25, -0.2) is 9.97 Å². The third-order valence-corrected chi connectivity index (χ3v) is 3.63. The highest BCUT2D eigenvalue weighted by Gasteiger charge is 2.12. The van der Waals surface area contributed by atoms with Crippen molar-refractivity contribution < 1.29 is 4.74 Å². The van der Waals surface area contributed by atoms with Crippen molar-refractivity contribution in [3.05, 3.63) is 30.1 Å². The molecule has 5 heteroatoms. The Morgan fingerprint density at radius 2 is 1.83 bits per heavy atom. The van der Waals surface area contributed by atoms with Crippen molar-refractivity contribution in [3.63, 3.8) is 0 Å². The summed E-state index contributed by atoms with van der Waals surface area (Å²) in [6.45, 7) is 10.9. The van der Waals surface area contributed by atoms with Crippen molar-refractivity contribution in [1.29, 1.82) is 0 Å². The summed E-state index contributed by atoms with van der Waals surface area (Å²) >= 11 is 0. The quantitative estimate of drug-likeness (QED) is 0.743. The first kappa shape index (κ1) is 17.2. The minimum Gasteiger partial charge on any atom is -0.494 e. The van der Waals surface area contributed by atoms with Crippen LogP contribution in [0.5, 0.6) is 5.75 Å². The van der Waals surface area contributed by atoms with Gasteiger partial charge in [0.15, 0.2) is 5.82 Å². The molecular formula is C18H26N4O. The van der Waals surface area contributed by atoms with Gasteiger partial charge in [-0.15, -0.1) is 0 Å². The van der Waals surface area contributed by atoms with E-state index in [2.05, 4.69) is 41.7 Å². The lowest BCUT2D eigenvalue weighted by Crippen LogP contribution is -2.23. The Labute approximate surface area is 138 Å². The summed E-state index contributed by atoms with van der Waals surface area (Å²) < 4.78 is 5.56. The summed E-state index contributed by atoms with van der Waals surface area (Å²) in [6.07, 6.45) is 3.74. The molecule has 0 spiro atoms. The number of hydrogen-bond acceptors (Lipinski definition) is 5. The van der Waals surface area contributed by atoms with E-state index in [0.29, 0.717) is 12.4 Å². The molecule has 0 N–H and O–H groups in total. The van der Waals surface area contributed by atoms with Crippen LogP contribution in [0.1, 0.15) is 39.8 Å². The van der Waals surface area contributed by atoms with Crippen molar-refractivity contribution >= 4 is 5.82 Å². The average Bonchev–Trinajstić information content (AvgIpc) is 2.57. The predicted molar refractivity (Wildman–Crippen MR) is 94.0 cm³/mol. The number of rotatable bonds is 8. The van der Waals surface area contributed by atoms with E-state index < -0.39 is 0 Å². The molecule has 0 aliphatic heterocycles. The zero-order valence-corrected chi connectivity index (χ0v) is 14.5. The van der Waals surface area contributed by atoms with Crippen LogP contribution in [0.25, 0.3) is 11.5 Å². The summed E-state index contributed by atoms with van der Waals surface area (Å²) in [4.78, 5) is 16.1. The number of aryl methyl sites for hydroxylation is 1. The number of nitrogens with zero attached hydrogens (tertiary/aromatic N) is 4. The number of pyridine rings is 1. The molecule has 2 heterocycles. The van der Waals surface area contributed by atoms with Gasteiger partial charge in [-0.3, -0.25) is 4.98 Å². The van der Waals surface area contributed by atoms with Crippen LogP contribution in [-0.2, 0) is 6.42 Å². The van der Waals surface area contributed by atoms with Crippen LogP contribution in [-0.4, -0.2) is 34.6 Å². The Hall–Kier alpha value is -2.17. The Morgan fingerprint density at radius 1 is 1.04 bits per heavy atom. The zero-order chi connectivity index (χ0) is 16.7. The van der Waals surface area contributed by atoms with E-state index in [-0.39, 0.29) is 0 Å². The van der Waals surface area contributed by atoms with Crippen LogP contribution >= 0.6 is 0 Å².